The highest BCUT2D eigenvalue weighted by Crippen LogP contribution is 2.32. The van der Waals surface area contributed by atoms with Gasteiger partial charge in [-0.2, -0.15) is 0 Å². The van der Waals surface area contributed by atoms with Crippen LogP contribution in [0.1, 0.15) is 0 Å². The number of rotatable bonds is 1. The second kappa shape index (κ2) is 4.90. The molecule has 4 rings (SSSR count). The summed E-state index contributed by atoms with van der Waals surface area (Å²) in [5.74, 6) is 0. The van der Waals surface area contributed by atoms with Crippen LogP contribution in [0.4, 0.5) is 0 Å². The number of para-hydroxylation sites is 1. The number of aryl methyl sites for hydroxylation is 1. The third-order valence-electron chi connectivity index (χ3n) is 3.82. The molecule has 4 aromatic rings. The molecule has 0 aliphatic carbocycles. The lowest BCUT2D eigenvalue weighted by molar-refractivity contribution is 0.881. The molecule has 0 saturated heterocycles. The van der Waals surface area contributed by atoms with E-state index in [4.69, 9.17) is 12.2 Å². The first kappa shape index (κ1) is 13.4. The van der Waals surface area contributed by atoms with Gasteiger partial charge in [-0.25, -0.2) is 0 Å². The maximum atomic E-state index is 12.7. The van der Waals surface area contributed by atoms with Crippen LogP contribution >= 0.6 is 23.6 Å². The molecule has 0 spiro atoms. The molecule has 0 radical (unpaired) electrons. The van der Waals surface area contributed by atoms with Crippen LogP contribution in [0.3, 0.4) is 0 Å². The average molecular weight is 324 g/mol. The number of benzene rings is 2. The number of fused-ring (bicyclic) bond motifs is 3. The van der Waals surface area contributed by atoms with Crippen molar-refractivity contribution in [2.75, 3.05) is 0 Å². The molecule has 0 unspecified atom stereocenters. The summed E-state index contributed by atoms with van der Waals surface area (Å²) in [6.07, 6.45) is 0. The molecule has 22 heavy (non-hydrogen) atoms. The van der Waals surface area contributed by atoms with Gasteiger partial charge in [0.15, 0.2) is 3.95 Å². The SMILES string of the molecule is Cn1c(=O)c2ccccc2n2c(=S)sc(-c3ccccc3)c12. The van der Waals surface area contributed by atoms with E-state index in [1.165, 1.54) is 11.3 Å². The van der Waals surface area contributed by atoms with E-state index >= 15 is 0 Å². The fraction of sp³-hybridized carbons (Fsp3) is 0.0588. The minimum absolute atomic E-state index is 0.000538. The molecule has 0 bridgehead atoms. The predicted molar refractivity (Wildman–Crippen MR) is 94.3 cm³/mol. The summed E-state index contributed by atoms with van der Waals surface area (Å²) in [7, 11) is 1.80. The third-order valence-corrected chi connectivity index (χ3v) is 5.23. The van der Waals surface area contributed by atoms with Crippen molar-refractivity contribution in [3.63, 3.8) is 0 Å². The van der Waals surface area contributed by atoms with Crippen molar-refractivity contribution >= 4 is 40.1 Å². The Hall–Kier alpha value is -2.24. The number of nitrogens with zero attached hydrogens (tertiary/aromatic N) is 2. The summed E-state index contributed by atoms with van der Waals surface area (Å²) < 4.78 is 4.44. The Morgan fingerprint density at radius 1 is 1.00 bits per heavy atom. The van der Waals surface area contributed by atoms with Gasteiger partial charge in [-0.3, -0.25) is 13.8 Å². The van der Waals surface area contributed by atoms with Crippen LogP contribution in [-0.2, 0) is 7.05 Å². The van der Waals surface area contributed by atoms with E-state index in [1.54, 1.807) is 11.6 Å². The molecule has 5 heteroatoms. The summed E-state index contributed by atoms with van der Waals surface area (Å²) in [6.45, 7) is 0. The molecule has 0 N–H and O–H groups in total. The van der Waals surface area contributed by atoms with Gasteiger partial charge in [0.25, 0.3) is 5.56 Å². The maximum absolute atomic E-state index is 12.7. The van der Waals surface area contributed by atoms with E-state index in [-0.39, 0.29) is 5.56 Å². The molecule has 3 nitrogen and oxygen atoms in total. The van der Waals surface area contributed by atoms with Gasteiger partial charge in [0.2, 0.25) is 0 Å². The molecule has 108 valence electrons. The number of aromatic nitrogens is 2. The molecule has 2 heterocycles. The van der Waals surface area contributed by atoms with E-state index in [0.717, 1.165) is 25.6 Å². The highest BCUT2D eigenvalue weighted by atomic mass is 32.1. The zero-order chi connectivity index (χ0) is 15.3. The normalized spacial score (nSPS) is 11.3. The van der Waals surface area contributed by atoms with E-state index in [0.29, 0.717) is 5.39 Å². The topological polar surface area (TPSA) is 26.4 Å². The monoisotopic (exact) mass is 324 g/mol. The third kappa shape index (κ3) is 1.79. The summed E-state index contributed by atoms with van der Waals surface area (Å²) in [5.41, 5.74) is 2.79. The van der Waals surface area contributed by atoms with Gasteiger partial charge in [0.05, 0.1) is 15.8 Å². The van der Waals surface area contributed by atoms with Crippen molar-refractivity contribution in [2.45, 2.75) is 0 Å². The number of hydrogen-bond donors (Lipinski definition) is 0. The Bertz CT molecular complexity index is 1120. The molecule has 2 aromatic carbocycles. The van der Waals surface area contributed by atoms with Gasteiger partial charge < -0.3 is 0 Å². The van der Waals surface area contributed by atoms with Crippen molar-refractivity contribution in [3.8, 4) is 10.4 Å². The quantitative estimate of drug-likeness (QED) is 0.489. The van der Waals surface area contributed by atoms with Crippen LogP contribution < -0.4 is 5.56 Å². The minimum atomic E-state index is 0.000538. The summed E-state index contributed by atoms with van der Waals surface area (Å²) in [4.78, 5) is 13.7. The predicted octanol–water partition coefficient (Wildman–Crippen LogP) is 4.25. The van der Waals surface area contributed by atoms with Crippen LogP contribution in [0.5, 0.6) is 0 Å². The lowest BCUT2D eigenvalue weighted by atomic mass is 10.2. The molecule has 0 aliphatic heterocycles. The van der Waals surface area contributed by atoms with Crippen molar-refractivity contribution < 1.29 is 0 Å². The lowest BCUT2D eigenvalue weighted by Gasteiger charge is -2.08. The molecule has 0 fully saturated rings. The van der Waals surface area contributed by atoms with Crippen LogP contribution in [0, 0.1) is 3.95 Å². The highest BCUT2D eigenvalue weighted by molar-refractivity contribution is 7.73. The zero-order valence-corrected chi connectivity index (χ0v) is 13.4. The van der Waals surface area contributed by atoms with Gasteiger partial charge in [0.1, 0.15) is 5.65 Å². The molecule has 0 aliphatic rings. The van der Waals surface area contributed by atoms with Crippen molar-refractivity contribution in [1.29, 1.82) is 0 Å². The minimum Gasteiger partial charge on any atom is -0.296 e. The largest absolute Gasteiger partial charge is 0.296 e. The van der Waals surface area contributed by atoms with E-state index in [2.05, 4.69) is 0 Å². The fourth-order valence-electron chi connectivity index (χ4n) is 2.79. The van der Waals surface area contributed by atoms with E-state index in [9.17, 15) is 4.79 Å². The first-order valence-electron chi connectivity index (χ1n) is 6.87. The standard InChI is InChI=1S/C17H12N2OS2/c1-18-15-14(11-7-3-2-4-8-11)22-17(21)19(15)13-10-6-5-9-12(13)16(18)20/h2-10H,1H3. The molecular weight excluding hydrogens is 312 g/mol. The highest BCUT2D eigenvalue weighted by Gasteiger charge is 2.15. The second-order valence-corrected chi connectivity index (χ2v) is 6.75. The van der Waals surface area contributed by atoms with Crippen molar-refractivity contribution in [3.05, 3.63) is 68.9 Å². The van der Waals surface area contributed by atoms with Crippen LogP contribution in [0.2, 0.25) is 0 Å². The molecule has 0 saturated carbocycles. The van der Waals surface area contributed by atoms with Crippen molar-refractivity contribution in [1.82, 2.24) is 8.97 Å². The molecular formula is C17H12N2OS2. The number of hydrogen-bond acceptors (Lipinski definition) is 3. The first-order valence-corrected chi connectivity index (χ1v) is 8.09. The lowest BCUT2D eigenvalue weighted by Crippen LogP contribution is -2.19. The smallest absolute Gasteiger partial charge is 0.261 e. The van der Waals surface area contributed by atoms with Gasteiger partial charge >= 0.3 is 0 Å². The van der Waals surface area contributed by atoms with Crippen LogP contribution in [0.25, 0.3) is 27.0 Å². The van der Waals surface area contributed by atoms with Gasteiger partial charge in [0, 0.05) is 7.05 Å². The fourth-order valence-corrected chi connectivity index (χ4v) is 4.24. The van der Waals surface area contributed by atoms with Gasteiger partial charge in [-0.15, -0.1) is 11.3 Å². The van der Waals surface area contributed by atoms with Gasteiger partial charge in [-0.05, 0) is 29.9 Å². The van der Waals surface area contributed by atoms with Gasteiger partial charge in [-0.1, -0.05) is 42.5 Å². The van der Waals surface area contributed by atoms with E-state index < -0.39 is 0 Å². The Morgan fingerprint density at radius 2 is 1.68 bits per heavy atom. The maximum Gasteiger partial charge on any atom is 0.261 e. The second-order valence-electron chi connectivity index (χ2n) is 5.10. The summed E-state index contributed by atoms with van der Waals surface area (Å²) in [6, 6.07) is 17.7. The Labute approximate surface area is 135 Å². The molecule has 2 aromatic heterocycles. The summed E-state index contributed by atoms with van der Waals surface area (Å²) >= 11 is 7.11. The molecule has 0 amide bonds. The van der Waals surface area contributed by atoms with Crippen LogP contribution in [-0.4, -0.2) is 8.97 Å². The Balaban J connectivity index is 2.29. The Morgan fingerprint density at radius 3 is 2.45 bits per heavy atom. The summed E-state index contributed by atoms with van der Waals surface area (Å²) in [5, 5.41) is 0.686. The first-order chi connectivity index (χ1) is 10.7. The zero-order valence-electron chi connectivity index (χ0n) is 11.8. The van der Waals surface area contributed by atoms with E-state index in [1.807, 2.05) is 59.0 Å². The van der Waals surface area contributed by atoms with Crippen molar-refractivity contribution in [2.24, 2.45) is 7.05 Å². The molecule has 0 atom stereocenters. The van der Waals surface area contributed by atoms with Crippen LogP contribution in [0.15, 0.2) is 59.4 Å². The average Bonchev–Trinajstić information content (AvgIpc) is 2.91. The Kier molecular flexibility index (Phi) is 2.99. The number of thiazole rings is 1.